The van der Waals surface area contributed by atoms with E-state index in [1.807, 2.05) is 26.2 Å². The molecule has 0 spiro atoms. The molecule has 0 amide bonds. The zero-order valence-electron chi connectivity index (χ0n) is 7.04. The van der Waals surface area contributed by atoms with E-state index in [0.29, 0.717) is 6.54 Å². The average molecular weight is 150 g/mol. The van der Waals surface area contributed by atoms with Crippen LogP contribution in [0.2, 0.25) is 0 Å². The standard InChI is InChI=1S/C9H14N2/c1-11(2)9-6-4-3-5-8(9)7-10/h3-6H,7,10H2,1-2H3. The Morgan fingerprint density at radius 1 is 1.27 bits per heavy atom. The highest BCUT2D eigenvalue weighted by atomic mass is 15.1. The topological polar surface area (TPSA) is 29.3 Å². The van der Waals surface area contributed by atoms with Gasteiger partial charge in [-0.2, -0.15) is 0 Å². The molecule has 0 heterocycles. The lowest BCUT2D eigenvalue weighted by Gasteiger charge is -2.15. The zero-order valence-corrected chi connectivity index (χ0v) is 7.04. The third-order valence-corrected chi connectivity index (χ3v) is 1.69. The van der Waals surface area contributed by atoms with Gasteiger partial charge in [-0.25, -0.2) is 0 Å². The van der Waals surface area contributed by atoms with E-state index in [4.69, 9.17) is 5.73 Å². The summed E-state index contributed by atoms with van der Waals surface area (Å²) in [7, 11) is 4.04. The Balaban J connectivity index is 3.02. The molecular weight excluding hydrogens is 136 g/mol. The van der Waals surface area contributed by atoms with Crippen LogP contribution in [-0.4, -0.2) is 14.1 Å². The number of nitrogens with zero attached hydrogens (tertiary/aromatic N) is 1. The Labute approximate surface area is 67.6 Å². The highest BCUT2D eigenvalue weighted by Gasteiger charge is 1.99. The molecule has 0 aliphatic heterocycles. The van der Waals surface area contributed by atoms with Crippen LogP contribution in [0, 0.1) is 0 Å². The molecule has 0 aliphatic rings. The van der Waals surface area contributed by atoms with Gasteiger partial charge in [0.25, 0.3) is 0 Å². The number of benzene rings is 1. The second kappa shape index (κ2) is 3.39. The van der Waals surface area contributed by atoms with Crippen LogP contribution in [0.1, 0.15) is 5.56 Å². The molecule has 0 saturated heterocycles. The fraction of sp³-hybridized carbons (Fsp3) is 0.333. The first-order valence-corrected chi connectivity index (χ1v) is 3.71. The van der Waals surface area contributed by atoms with Gasteiger partial charge in [0.1, 0.15) is 0 Å². The number of anilines is 1. The van der Waals surface area contributed by atoms with Gasteiger partial charge in [-0.1, -0.05) is 18.2 Å². The maximum atomic E-state index is 5.56. The molecule has 0 radical (unpaired) electrons. The SMILES string of the molecule is CN(C)c1ccccc1CN. The van der Waals surface area contributed by atoms with Crippen LogP contribution in [0.5, 0.6) is 0 Å². The lowest BCUT2D eigenvalue weighted by Crippen LogP contribution is -2.12. The van der Waals surface area contributed by atoms with Crippen LogP contribution in [0.25, 0.3) is 0 Å². The molecule has 0 aliphatic carbocycles. The lowest BCUT2D eigenvalue weighted by atomic mass is 10.2. The van der Waals surface area contributed by atoms with E-state index in [-0.39, 0.29) is 0 Å². The molecule has 0 fully saturated rings. The molecule has 1 aromatic rings. The molecule has 1 rings (SSSR count). The van der Waals surface area contributed by atoms with Crippen LogP contribution in [0.4, 0.5) is 5.69 Å². The van der Waals surface area contributed by atoms with Crippen molar-refractivity contribution in [2.45, 2.75) is 6.54 Å². The quantitative estimate of drug-likeness (QED) is 0.686. The summed E-state index contributed by atoms with van der Waals surface area (Å²) >= 11 is 0. The number of para-hydroxylation sites is 1. The summed E-state index contributed by atoms with van der Waals surface area (Å²) < 4.78 is 0. The number of nitrogens with two attached hydrogens (primary N) is 1. The number of hydrogen-bond donors (Lipinski definition) is 1. The van der Waals surface area contributed by atoms with Gasteiger partial charge in [-0.15, -0.1) is 0 Å². The summed E-state index contributed by atoms with van der Waals surface area (Å²) in [5, 5.41) is 0. The Morgan fingerprint density at radius 3 is 2.36 bits per heavy atom. The van der Waals surface area contributed by atoms with Crippen LogP contribution >= 0.6 is 0 Å². The molecular formula is C9H14N2. The van der Waals surface area contributed by atoms with Crippen LogP contribution in [-0.2, 0) is 6.54 Å². The van der Waals surface area contributed by atoms with E-state index in [1.54, 1.807) is 0 Å². The monoisotopic (exact) mass is 150 g/mol. The molecule has 2 N–H and O–H groups in total. The first kappa shape index (κ1) is 8.08. The third-order valence-electron chi connectivity index (χ3n) is 1.69. The Kier molecular flexibility index (Phi) is 2.49. The summed E-state index contributed by atoms with van der Waals surface area (Å²) in [6.45, 7) is 0.606. The highest BCUT2D eigenvalue weighted by Crippen LogP contribution is 2.16. The van der Waals surface area contributed by atoms with Crippen LogP contribution in [0.15, 0.2) is 24.3 Å². The van der Waals surface area contributed by atoms with Crippen molar-refractivity contribution in [3.8, 4) is 0 Å². The first-order chi connectivity index (χ1) is 5.25. The predicted octanol–water partition coefficient (Wildman–Crippen LogP) is 1.21. The van der Waals surface area contributed by atoms with Crippen molar-refractivity contribution in [2.75, 3.05) is 19.0 Å². The normalized spacial score (nSPS) is 9.73. The van der Waals surface area contributed by atoms with E-state index in [2.05, 4.69) is 17.0 Å². The second-order valence-corrected chi connectivity index (χ2v) is 2.73. The second-order valence-electron chi connectivity index (χ2n) is 2.73. The smallest absolute Gasteiger partial charge is 0.0406 e. The Morgan fingerprint density at radius 2 is 1.91 bits per heavy atom. The van der Waals surface area contributed by atoms with Gasteiger partial charge in [-0.3, -0.25) is 0 Å². The maximum absolute atomic E-state index is 5.56. The van der Waals surface area contributed by atoms with Crippen molar-refractivity contribution < 1.29 is 0 Å². The van der Waals surface area contributed by atoms with Crippen LogP contribution < -0.4 is 10.6 Å². The first-order valence-electron chi connectivity index (χ1n) is 3.71. The molecule has 0 bridgehead atoms. The molecule has 0 atom stereocenters. The van der Waals surface area contributed by atoms with Gasteiger partial charge in [0.15, 0.2) is 0 Å². The maximum Gasteiger partial charge on any atom is 0.0406 e. The van der Waals surface area contributed by atoms with Gasteiger partial charge >= 0.3 is 0 Å². The zero-order chi connectivity index (χ0) is 8.27. The molecule has 0 unspecified atom stereocenters. The van der Waals surface area contributed by atoms with Crippen LogP contribution in [0.3, 0.4) is 0 Å². The van der Waals surface area contributed by atoms with E-state index in [9.17, 15) is 0 Å². The largest absolute Gasteiger partial charge is 0.377 e. The van der Waals surface area contributed by atoms with Gasteiger partial charge < -0.3 is 10.6 Å². The van der Waals surface area contributed by atoms with E-state index >= 15 is 0 Å². The van der Waals surface area contributed by atoms with E-state index in [1.165, 1.54) is 11.3 Å². The third kappa shape index (κ3) is 1.71. The lowest BCUT2D eigenvalue weighted by molar-refractivity contribution is 1.03. The molecule has 11 heavy (non-hydrogen) atoms. The highest BCUT2D eigenvalue weighted by molar-refractivity contribution is 5.52. The molecule has 2 nitrogen and oxygen atoms in total. The molecule has 60 valence electrons. The summed E-state index contributed by atoms with van der Waals surface area (Å²) in [6, 6.07) is 8.15. The molecule has 0 aromatic heterocycles. The van der Waals surface area contributed by atoms with Crippen molar-refractivity contribution in [1.29, 1.82) is 0 Å². The van der Waals surface area contributed by atoms with Gasteiger partial charge in [0.05, 0.1) is 0 Å². The van der Waals surface area contributed by atoms with Crippen molar-refractivity contribution in [2.24, 2.45) is 5.73 Å². The predicted molar refractivity (Wildman–Crippen MR) is 48.7 cm³/mol. The minimum absolute atomic E-state index is 0.606. The average Bonchev–Trinajstić information content (AvgIpc) is 2.04. The Hall–Kier alpha value is -1.02. The van der Waals surface area contributed by atoms with E-state index in [0.717, 1.165) is 0 Å². The Bertz CT molecular complexity index is 231. The summed E-state index contributed by atoms with van der Waals surface area (Å²) in [6.07, 6.45) is 0. The van der Waals surface area contributed by atoms with Crippen molar-refractivity contribution in [1.82, 2.24) is 0 Å². The fourth-order valence-corrected chi connectivity index (χ4v) is 1.12. The number of rotatable bonds is 2. The fourth-order valence-electron chi connectivity index (χ4n) is 1.12. The van der Waals surface area contributed by atoms with Crippen molar-refractivity contribution in [3.63, 3.8) is 0 Å². The minimum Gasteiger partial charge on any atom is -0.377 e. The summed E-state index contributed by atoms with van der Waals surface area (Å²) in [5.74, 6) is 0. The molecule has 2 heteroatoms. The summed E-state index contributed by atoms with van der Waals surface area (Å²) in [4.78, 5) is 2.07. The van der Waals surface area contributed by atoms with Crippen molar-refractivity contribution >= 4 is 5.69 Å². The van der Waals surface area contributed by atoms with Gasteiger partial charge in [0.2, 0.25) is 0 Å². The van der Waals surface area contributed by atoms with E-state index < -0.39 is 0 Å². The van der Waals surface area contributed by atoms with Gasteiger partial charge in [0, 0.05) is 26.3 Å². The molecule has 1 aromatic carbocycles. The summed E-state index contributed by atoms with van der Waals surface area (Å²) in [5.41, 5.74) is 7.96. The van der Waals surface area contributed by atoms with Gasteiger partial charge in [-0.05, 0) is 11.6 Å². The van der Waals surface area contributed by atoms with Crippen molar-refractivity contribution in [3.05, 3.63) is 29.8 Å². The molecule has 0 saturated carbocycles. The minimum atomic E-state index is 0.606. The number of hydrogen-bond acceptors (Lipinski definition) is 2.